The van der Waals surface area contributed by atoms with Gasteiger partial charge in [-0.25, -0.2) is 4.98 Å². The van der Waals surface area contributed by atoms with E-state index < -0.39 is 8.32 Å². The van der Waals surface area contributed by atoms with Crippen molar-refractivity contribution in [3.05, 3.63) is 46.1 Å². The Labute approximate surface area is 156 Å². The van der Waals surface area contributed by atoms with E-state index in [-0.39, 0.29) is 15.6 Å². The molecule has 7 heteroatoms. The maximum absolute atomic E-state index is 11.3. The molecule has 0 saturated heterocycles. The Balaban J connectivity index is 1.94. The third-order valence-corrected chi connectivity index (χ3v) is 9.67. The molecule has 0 aliphatic heterocycles. The molecule has 1 aromatic carbocycles. The van der Waals surface area contributed by atoms with Crippen LogP contribution < -0.4 is 5.32 Å². The summed E-state index contributed by atoms with van der Waals surface area (Å²) < 4.78 is 6.16. The second-order valence-electron chi connectivity index (χ2n) is 8.04. The molecule has 1 aromatic heterocycles. The van der Waals surface area contributed by atoms with Gasteiger partial charge >= 0.3 is 0 Å². The van der Waals surface area contributed by atoms with E-state index in [1.165, 1.54) is 6.20 Å². The number of aromatic nitrogens is 1. The third-order valence-electron chi connectivity index (χ3n) is 5.13. The van der Waals surface area contributed by atoms with Crippen LogP contribution in [0.25, 0.3) is 10.9 Å². The van der Waals surface area contributed by atoms with Crippen LogP contribution in [0.3, 0.4) is 0 Å². The lowest BCUT2D eigenvalue weighted by atomic mass is 10.1. The summed E-state index contributed by atoms with van der Waals surface area (Å²) in [6.45, 7) is 13.1. The zero-order valence-corrected chi connectivity index (χ0v) is 17.3. The fraction of sp³-hybridized carbons (Fsp3) is 0.526. The van der Waals surface area contributed by atoms with Crippen molar-refractivity contribution in [2.24, 2.45) is 0 Å². The number of fused-ring (bicyclic) bond motifs is 1. The molecule has 0 bridgehead atoms. The first-order valence-corrected chi connectivity index (χ1v) is 11.9. The lowest BCUT2D eigenvalue weighted by Crippen LogP contribution is -2.41. The molecular formula is C19H29N3O3Si. The van der Waals surface area contributed by atoms with Crippen LogP contribution in [0.4, 0.5) is 5.69 Å². The molecule has 0 saturated carbocycles. The Morgan fingerprint density at radius 1 is 1.27 bits per heavy atom. The minimum atomic E-state index is -1.71. The molecule has 1 heterocycles. The molecule has 26 heavy (non-hydrogen) atoms. The number of para-hydroxylation sites is 1. The van der Waals surface area contributed by atoms with Crippen LogP contribution in [-0.4, -0.2) is 31.4 Å². The van der Waals surface area contributed by atoms with Gasteiger partial charge in [0.15, 0.2) is 8.32 Å². The van der Waals surface area contributed by atoms with E-state index in [0.29, 0.717) is 18.7 Å². The third kappa shape index (κ3) is 4.87. The lowest BCUT2D eigenvalue weighted by molar-refractivity contribution is -0.385. The first kappa shape index (κ1) is 20.5. The van der Waals surface area contributed by atoms with Gasteiger partial charge in [0.2, 0.25) is 0 Å². The molecular weight excluding hydrogens is 346 g/mol. The Bertz CT molecular complexity index is 772. The number of hydrogen-bond donors (Lipinski definition) is 1. The van der Waals surface area contributed by atoms with Gasteiger partial charge in [0.25, 0.3) is 5.69 Å². The zero-order valence-electron chi connectivity index (χ0n) is 16.3. The molecule has 142 valence electrons. The highest BCUT2D eigenvalue weighted by Gasteiger charge is 2.36. The minimum Gasteiger partial charge on any atom is -0.417 e. The molecule has 0 aliphatic carbocycles. The summed E-state index contributed by atoms with van der Waals surface area (Å²) in [4.78, 5) is 15.1. The van der Waals surface area contributed by atoms with E-state index in [1.54, 1.807) is 0 Å². The SMILES string of the molecule is CC(C)(C)[Si](C)(C)OCCCNCc1c([N+](=O)[O-])cnc2ccccc12. The summed E-state index contributed by atoms with van der Waals surface area (Å²) in [5.41, 5.74) is 1.52. The van der Waals surface area contributed by atoms with Crippen LogP contribution in [0.1, 0.15) is 32.8 Å². The van der Waals surface area contributed by atoms with Gasteiger partial charge in [0, 0.05) is 18.5 Å². The molecule has 2 rings (SSSR count). The molecule has 0 fully saturated rings. The largest absolute Gasteiger partial charge is 0.417 e. The number of pyridine rings is 1. The maximum atomic E-state index is 11.3. The summed E-state index contributed by atoms with van der Waals surface area (Å²) in [5, 5.41) is 15.7. The van der Waals surface area contributed by atoms with Crippen molar-refractivity contribution in [1.29, 1.82) is 0 Å². The summed E-state index contributed by atoms with van der Waals surface area (Å²) in [6.07, 6.45) is 2.23. The van der Waals surface area contributed by atoms with Crippen molar-refractivity contribution < 1.29 is 9.35 Å². The first-order valence-electron chi connectivity index (χ1n) is 8.99. The van der Waals surface area contributed by atoms with Crippen molar-refractivity contribution in [2.75, 3.05) is 13.2 Å². The Morgan fingerprint density at radius 2 is 1.96 bits per heavy atom. The highest BCUT2D eigenvalue weighted by molar-refractivity contribution is 6.74. The predicted octanol–water partition coefficient (Wildman–Crippen LogP) is 4.64. The maximum Gasteiger partial charge on any atom is 0.292 e. The number of benzene rings is 1. The van der Waals surface area contributed by atoms with E-state index in [4.69, 9.17) is 4.43 Å². The van der Waals surface area contributed by atoms with Crippen LogP contribution in [0.15, 0.2) is 30.5 Å². The van der Waals surface area contributed by atoms with Gasteiger partial charge in [0.05, 0.1) is 16.0 Å². The van der Waals surface area contributed by atoms with Gasteiger partial charge in [-0.1, -0.05) is 39.0 Å². The van der Waals surface area contributed by atoms with Gasteiger partial charge < -0.3 is 9.74 Å². The van der Waals surface area contributed by atoms with Crippen LogP contribution in [-0.2, 0) is 11.0 Å². The predicted molar refractivity (Wildman–Crippen MR) is 108 cm³/mol. The van der Waals surface area contributed by atoms with Crippen LogP contribution in [0, 0.1) is 10.1 Å². The van der Waals surface area contributed by atoms with Gasteiger partial charge in [-0.15, -0.1) is 0 Å². The average Bonchev–Trinajstić information content (AvgIpc) is 2.56. The number of hydrogen-bond acceptors (Lipinski definition) is 5. The van der Waals surface area contributed by atoms with Gasteiger partial charge in [-0.2, -0.15) is 0 Å². The molecule has 0 aliphatic rings. The summed E-state index contributed by atoms with van der Waals surface area (Å²) in [7, 11) is -1.71. The van der Waals surface area contributed by atoms with Crippen molar-refractivity contribution in [2.45, 2.75) is 51.9 Å². The molecule has 2 aromatic rings. The van der Waals surface area contributed by atoms with E-state index in [9.17, 15) is 10.1 Å². The monoisotopic (exact) mass is 375 g/mol. The van der Waals surface area contributed by atoms with Crippen molar-refractivity contribution in [3.8, 4) is 0 Å². The number of nitro groups is 1. The molecule has 0 amide bonds. The molecule has 6 nitrogen and oxygen atoms in total. The fourth-order valence-corrected chi connectivity index (χ4v) is 3.57. The van der Waals surface area contributed by atoms with Crippen molar-refractivity contribution in [1.82, 2.24) is 10.3 Å². The number of nitrogens with zero attached hydrogens (tertiary/aromatic N) is 2. The van der Waals surface area contributed by atoms with E-state index in [0.717, 1.165) is 23.9 Å². The molecule has 0 unspecified atom stereocenters. The number of nitrogens with one attached hydrogen (secondary N) is 1. The second kappa shape index (κ2) is 8.24. The Kier molecular flexibility index (Phi) is 6.49. The zero-order chi connectivity index (χ0) is 19.4. The normalized spacial score (nSPS) is 12.5. The topological polar surface area (TPSA) is 77.3 Å². The standard InChI is InChI=1S/C19H29N3O3Si/c1-19(2,3)26(4,5)25-12-8-11-20-13-16-15-9-6-7-10-17(15)21-14-18(16)22(23)24/h6-7,9-10,14,20H,8,11-13H2,1-5H3. The highest BCUT2D eigenvalue weighted by Crippen LogP contribution is 2.36. The van der Waals surface area contributed by atoms with Crippen molar-refractivity contribution >= 4 is 24.9 Å². The van der Waals surface area contributed by atoms with Crippen LogP contribution >= 0.6 is 0 Å². The van der Waals surface area contributed by atoms with E-state index in [1.807, 2.05) is 24.3 Å². The Hall–Kier alpha value is -1.83. The average molecular weight is 376 g/mol. The lowest BCUT2D eigenvalue weighted by Gasteiger charge is -2.36. The van der Waals surface area contributed by atoms with E-state index in [2.05, 4.69) is 44.2 Å². The quantitative estimate of drug-likeness (QED) is 0.315. The van der Waals surface area contributed by atoms with Gasteiger partial charge in [-0.3, -0.25) is 10.1 Å². The molecule has 0 radical (unpaired) electrons. The second-order valence-corrected chi connectivity index (χ2v) is 12.8. The summed E-state index contributed by atoms with van der Waals surface area (Å²) in [5.74, 6) is 0. The van der Waals surface area contributed by atoms with Gasteiger partial charge in [0.1, 0.15) is 6.20 Å². The van der Waals surface area contributed by atoms with Gasteiger partial charge in [-0.05, 0) is 37.2 Å². The highest BCUT2D eigenvalue weighted by atomic mass is 28.4. The smallest absolute Gasteiger partial charge is 0.292 e. The summed E-state index contributed by atoms with van der Waals surface area (Å²) in [6, 6.07) is 7.52. The Morgan fingerprint density at radius 3 is 2.62 bits per heavy atom. The summed E-state index contributed by atoms with van der Waals surface area (Å²) >= 11 is 0. The van der Waals surface area contributed by atoms with Crippen molar-refractivity contribution in [3.63, 3.8) is 0 Å². The van der Waals surface area contributed by atoms with Crippen LogP contribution in [0.5, 0.6) is 0 Å². The molecule has 0 atom stereocenters. The molecule has 1 N–H and O–H groups in total. The fourth-order valence-electron chi connectivity index (χ4n) is 2.49. The first-order chi connectivity index (χ1) is 12.1. The number of rotatable bonds is 8. The minimum absolute atomic E-state index is 0.0636. The van der Waals surface area contributed by atoms with Crippen LogP contribution in [0.2, 0.25) is 18.1 Å². The molecule has 0 spiro atoms. The van der Waals surface area contributed by atoms with E-state index >= 15 is 0 Å².